The number of rotatable bonds is 8. The Labute approximate surface area is 203 Å². The number of hydrogen-bond acceptors (Lipinski definition) is 4. The van der Waals surface area contributed by atoms with Crippen LogP contribution in [0.5, 0.6) is 0 Å². The van der Waals surface area contributed by atoms with Crippen LogP contribution in [0.3, 0.4) is 0 Å². The van der Waals surface area contributed by atoms with Gasteiger partial charge in [0.2, 0.25) is 0 Å². The molecule has 0 saturated carbocycles. The minimum absolute atomic E-state index is 0. The van der Waals surface area contributed by atoms with E-state index in [1.807, 2.05) is 24.3 Å². The van der Waals surface area contributed by atoms with Crippen LogP contribution >= 0.6 is 24.0 Å². The Kier molecular flexibility index (Phi) is 11.6. The summed E-state index contributed by atoms with van der Waals surface area (Å²) in [6.07, 6.45) is 6.55. The van der Waals surface area contributed by atoms with Gasteiger partial charge in [-0.15, -0.1) is 24.0 Å². The maximum atomic E-state index is 12.2. The summed E-state index contributed by atoms with van der Waals surface area (Å²) in [4.78, 5) is 19.2. The molecule has 2 saturated heterocycles. The molecule has 1 amide bonds. The lowest BCUT2D eigenvalue weighted by atomic mass is 10.0. The zero-order chi connectivity index (χ0) is 21.2. The van der Waals surface area contributed by atoms with Crippen molar-refractivity contribution in [2.45, 2.75) is 64.1 Å². The van der Waals surface area contributed by atoms with Crippen molar-refractivity contribution < 1.29 is 9.53 Å². The molecule has 2 fully saturated rings. The van der Waals surface area contributed by atoms with Gasteiger partial charge in [-0.3, -0.25) is 9.79 Å². The highest BCUT2D eigenvalue weighted by Gasteiger charge is 2.23. The summed E-state index contributed by atoms with van der Waals surface area (Å²) >= 11 is 0. The largest absolute Gasteiger partial charge is 0.368 e. The lowest BCUT2D eigenvalue weighted by Gasteiger charge is -2.33. The topological polar surface area (TPSA) is 78.0 Å². The summed E-state index contributed by atoms with van der Waals surface area (Å²) in [6.45, 7) is 6.92. The van der Waals surface area contributed by atoms with Gasteiger partial charge in [-0.05, 0) is 63.3 Å². The highest BCUT2D eigenvalue weighted by molar-refractivity contribution is 14.0. The van der Waals surface area contributed by atoms with E-state index in [0.29, 0.717) is 19.2 Å². The minimum Gasteiger partial charge on any atom is -0.368 e. The molecular formula is C23H38IN5O2. The summed E-state index contributed by atoms with van der Waals surface area (Å²) in [6, 6.07) is 8.61. The number of benzene rings is 1. The molecule has 0 aromatic heterocycles. The Morgan fingerprint density at radius 1 is 1.23 bits per heavy atom. The molecule has 0 spiro atoms. The van der Waals surface area contributed by atoms with Crippen LogP contribution in [-0.2, 0) is 16.1 Å². The van der Waals surface area contributed by atoms with E-state index in [0.717, 1.165) is 49.6 Å². The van der Waals surface area contributed by atoms with E-state index in [1.165, 1.54) is 25.8 Å². The van der Waals surface area contributed by atoms with E-state index in [4.69, 9.17) is 4.74 Å². The molecule has 2 aliphatic heterocycles. The van der Waals surface area contributed by atoms with E-state index in [9.17, 15) is 4.79 Å². The Bertz CT molecular complexity index is 709. The number of halogens is 1. The van der Waals surface area contributed by atoms with Crippen molar-refractivity contribution in [2.75, 3.05) is 38.6 Å². The van der Waals surface area contributed by atoms with Crippen LogP contribution in [0, 0.1) is 0 Å². The van der Waals surface area contributed by atoms with E-state index in [2.05, 4.69) is 32.8 Å². The first-order valence-electron chi connectivity index (χ1n) is 11.4. The molecule has 2 heterocycles. The summed E-state index contributed by atoms with van der Waals surface area (Å²) in [5.41, 5.74) is 1.89. The molecule has 0 radical (unpaired) electrons. The first-order chi connectivity index (χ1) is 14.7. The van der Waals surface area contributed by atoms with Crippen molar-refractivity contribution in [2.24, 2.45) is 4.99 Å². The van der Waals surface area contributed by atoms with Crippen molar-refractivity contribution in [3.8, 4) is 0 Å². The second-order valence-electron chi connectivity index (χ2n) is 8.28. The molecule has 2 aliphatic rings. The smallest absolute Gasteiger partial charge is 0.253 e. The fourth-order valence-corrected chi connectivity index (χ4v) is 4.15. The van der Waals surface area contributed by atoms with E-state index in [1.54, 1.807) is 7.05 Å². The minimum atomic E-state index is -0.317. The molecule has 0 bridgehead atoms. The van der Waals surface area contributed by atoms with Crippen molar-refractivity contribution in [3.05, 3.63) is 29.8 Å². The average Bonchev–Trinajstić information content (AvgIpc) is 3.30. The lowest BCUT2D eigenvalue weighted by Crippen LogP contribution is -2.41. The normalized spacial score (nSPS) is 21.9. The fourth-order valence-electron chi connectivity index (χ4n) is 4.15. The fraction of sp³-hybridized carbons (Fsp3) is 0.652. The van der Waals surface area contributed by atoms with Gasteiger partial charge in [-0.1, -0.05) is 18.6 Å². The highest BCUT2D eigenvalue weighted by atomic mass is 127. The number of carbonyl (C=O) groups is 1. The van der Waals surface area contributed by atoms with Gasteiger partial charge in [0, 0.05) is 45.0 Å². The molecule has 2 atom stereocenters. The standard InChI is InChI=1S/C23H37N5O2.HI/c1-18-8-3-4-13-28(18)14-7-12-25-23(24-2)26-17-19-9-5-10-20(16-19)27-22(29)21-11-6-15-30-21;/h5,9-10,16,18,21H,3-4,6-8,11-15,17H2,1-2H3,(H,27,29)(H2,24,25,26);1H. The molecule has 7 nitrogen and oxygen atoms in total. The number of guanidine groups is 1. The third-order valence-corrected chi connectivity index (χ3v) is 5.96. The second-order valence-corrected chi connectivity index (χ2v) is 8.28. The van der Waals surface area contributed by atoms with Crippen molar-refractivity contribution >= 4 is 41.5 Å². The first-order valence-corrected chi connectivity index (χ1v) is 11.4. The van der Waals surface area contributed by atoms with Crippen LogP contribution < -0.4 is 16.0 Å². The molecule has 1 aromatic carbocycles. The van der Waals surface area contributed by atoms with Gasteiger partial charge in [-0.25, -0.2) is 0 Å². The quantitative estimate of drug-likeness (QED) is 0.203. The summed E-state index contributed by atoms with van der Waals surface area (Å²) in [5, 5.41) is 9.72. The summed E-state index contributed by atoms with van der Waals surface area (Å²) < 4.78 is 5.45. The van der Waals surface area contributed by atoms with Gasteiger partial charge in [0.25, 0.3) is 5.91 Å². The van der Waals surface area contributed by atoms with Crippen LogP contribution in [0.1, 0.15) is 51.0 Å². The molecule has 174 valence electrons. The van der Waals surface area contributed by atoms with E-state index in [-0.39, 0.29) is 36.0 Å². The molecule has 1 aromatic rings. The maximum absolute atomic E-state index is 12.2. The number of aliphatic imine (C=N–C) groups is 1. The van der Waals surface area contributed by atoms with Crippen molar-refractivity contribution in [1.29, 1.82) is 0 Å². The third-order valence-electron chi connectivity index (χ3n) is 5.96. The number of hydrogen-bond donors (Lipinski definition) is 3. The van der Waals surface area contributed by atoms with Gasteiger partial charge < -0.3 is 25.6 Å². The van der Waals surface area contributed by atoms with E-state index < -0.39 is 0 Å². The lowest BCUT2D eigenvalue weighted by molar-refractivity contribution is -0.124. The van der Waals surface area contributed by atoms with E-state index >= 15 is 0 Å². The maximum Gasteiger partial charge on any atom is 0.253 e. The number of nitrogens with one attached hydrogen (secondary N) is 3. The number of amides is 1. The number of piperidine rings is 1. The average molecular weight is 543 g/mol. The zero-order valence-electron chi connectivity index (χ0n) is 18.9. The molecule has 2 unspecified atom stereocenters. The summed E-state index contributed by atoms with van der Waals surface area (Å²) in [5.74, 6) is 0.744. The van der Waals surface area contributed by atoms with Crippen molar-refractivity contribution in [1.82, 2.24) is 15.5 Å². The predicted molar refractivity (Wildman–Crippen MR) is 137 cm³/mol. The van der Waals surface area contributed by atoms with Crippen LogP contribution in [0.4, 0.5) is 5.69 Å². The zero-order valence-corrected chi connectivity index (χ0v) is 21.2. The number of nitrogens with zero attached hydrogens (tertiary/aromatic N) is 2. The molecule has 31 heavy (non-hydrogen) atoms. The second kappa shape index (κ2) is 13.9. The summed E-state index contributed by atoms with van der Waals surface area (Å²) in [7, 11) is 1.79. The van der Waals surface area contributed by atoms with Gasteiger partial charge in [0.05, 0.1) is 0 Å². The molecule has 8 heteroatoms. The first kappa shape index (κ1) is 25.9. The van der Waals surface area contributed by atoms with Gasteiger partial charge in [0.15, 0.2) is 5.96 Å². The number of likely N-dealkylation sites (tertiary alicyclic amines) is 1. The Morgan fingerprint density at radius 2 is 2.10 bits per heavy atom. The van der Waals surface area contributed by atoms with Crippen LogP contribution in [0.2, 0.25) is 0 Å². The molecule has 0 aliphatic carbocycles. The molecule has 3 N–H and O–H groups in total. The Hall–Kier alpha value is -1.39. The Balaban J connectivity index is 0.00000341. The number of anilines is 1. The predicted octanol–water partition coefficient (Wildman–Crippen LogP) is 3.35. The SMILES string of the molecule is CN=C(NCCCN1CCCCC1C)NCc1cccc(NC(=O)C2CCCO2)c1.I. The number of ether oxygens (including phenoxy) is 1. The van der Waals surface area contributed by atoms with Crippen molar-refractivity contribution in [3.63, 3.8) is 0 Å². The Morgan fingerprint density at radius 3 is 2.84 bits per heavy atom. The third kappa shape index (κ3) is 8.57. The van der Waals surface area contributed by atoms with Crippen LogP contribution in [0.25, 0.3) is 0 Å². The van der Waals surface area contributed by atoms with Gasteiger partial charge in [0.1, 0.15) is 6.10 Å². The molecular weight excluding hydrogens is 505 g/mol. The van der Waals surface area contributed by atoms with Crippen LogP contribution in [0.15, 0.2) is 29.3 Å². The number of carbonyl (C=O) groups excluding carboxylic acids is 1. The van der Waals surface area contributed by atoms with Gasteiger partial charge in [-0.2, -0.15) is 0 Å². The van der Waals surface area contributed by atoms with Crippen LogP contribution in [-0.4, -0.2) is 62.2 Å². The van der Waals surface area contributed by atoms with Gasteiger partial charge >= 0.3 is 0 Å². The monoisotopic (exact) mass is 543 g/mol. The highest BCUT2D eigenvalue weighted by Crippen LogP contribution is 2.17. The molecule has 3 rings (SSSR count).